The van der Waals surface area contributed by atoms with Crippen molar-refractivity contribution in [3.8, 4) is 5.75 Å². The number of nitro groups is 1. The van der Waals surface area contributed by atoms with Crippen LogP contribution in [0.1, 0.15) is 57.8 Å². The molecule has 33 heavy (non-hydrogen) atoms. The molecule has 0 amide bonds. The van der Waals surface area contributed by atoms with E-state index in [1.165, 1.54) is 23.0 Å². The summed E-state index contributed by atoms with van der Waals surface area (Å²) in [6.45, 7) is 7.68. The third-order valence-corrected chi connectivity index (χ3v) is 6.12. The summed E-state index contributed by atoms with van der Waals surface area (Å²) in [6.07, 6.45) is 2.55. The zero-order chi connectivity index (χ0) is 24.3. The minimum Gasteiger partial charge on any atom is -0.483 e. The van der Waals surface area contributed by atoms with Crippen LogP contribution in [-0.2, 0) is 0 Å². The van der Waals surface area contributed by atoms with Gasteiger partial charge in [-0.25, -0.2) is 4.98 Å². The maximum Gasteiger partial charge on any atom is 0.313 e. The average Bonchev–Trinajstić information content (AvgIpc) is 2.79. The summed E-state index contributed by atoms with van der Waals surface area (Å²) in [6, 6.07) is 8.15. The highest BCUT2D eigenvalue weighted by Gasteiger charge is 2.22. The number of fused-ring (bicyclic) bond motifs is 1. The van der Waals surface area contributed by atoms with Crippen molar-refractivity contribution >= 4 is 50.3 Å². The van der Waals surface area contributed by atoms with Crippen molar-refractivity contribution in [2.75, 3.05) is 0 Å². The summed E-state index contributed by atoms with van der Waals surface area (Å²) in [7, 11) is 0. The molecule has 0 spiro atoms. The van der Waals surface area contributed by atoms with Gasteiger partial charge in [0.1, 0.15) is 5.82 Å². The molecule has 2 aromatic carbocycles. The summed E-state index contributed by atoms with van der Waals surface area (Å²) < 4.78 is 7.65. The Morgan fingerprint density at radius 2 is 2.00 bits per heavy atom. The fourth-order valence-electron chi connectivity index (χ4n) is 3.11. The van der Waals surface area contributed by atoms with Gasteiger partial charge in [-0.2, -0.15) is 9.78 Å². The summed E-state index contributed by atoms with van der Waals surface area (Å²) in [5.41, 5.74) is 0.346. The van der Waals surface area contributed by atoms with Crippen molar-refractivity contribution in [2.24, 2.45) is 5.10 Å². The van der Waals surface area contributed by atoms with Crippen LogP contribution in [0.2, 0.25) is 5.02 Å². The van der Waals surface area contributed by atoms with Crippen LogP contribution in [0.15, 0.2) is 44.7 Å². The number of nitrogens with zero attached hydrogens (tertiary/aromatic N) is 4. The number of hydrogen-bond acceptors (Lipinski definition) is 6. The third-order valence-electron chi connectivity index (χ3n) is 5.35. The lowest BCUT2D eigenvalue weighted by atomic mass is 10.1. The molecule has 174 valence electrons. The Labute approximate surface area is 204 Å². The van der Waals surface area contributed by atoms with Gasteiger partial charge in [-0.1, -0.05) is 48.3 Å². The van der Waals surface area contributed by atoms with Gasteiger partial charge in [0.2, 0.25) is 5.75 Å². The predicted octanol–water partition coefficient (Wildman–Crippen LogP) is 6.29. The van der Waals surface area contributed by atoms with E-state index in [2.05, 4.69) is 26.0 Å². The normalized spacial score (nSPS) is 13.4. The molecular weight excluding hydrogens is 512 g/mol. The van der Waals surface area contributed by atoms with E-state index in [4.69, 9.17) is 16.3 Å². The first-order valence-electron chi connectivity index (χ1n) is 10.6. The average molecular weight is 536 g/mol. The van der Waals surface area contributed by atoms with Crippen molar-refractivity contribution < 1.29 is 9.66 Å². The Morgan fingerprint density at radius 3 is 2.64 bits per heavy atom. The standard InChI is InChI=1S/C23H24BrClN4O4/c1-5-13(3)22-27-19-8-7-16(24)11-17(19)23(30)28(22)26-12-15-9-18(25)21(33-14(4)6-2)20(10-15)29(31)32/h7-14H,5-6H2,1-4H3/t13-,14-/m1/s1. The number of aromatic nitrogens is 2. The summed E-state index contributed by atoms with van der Waals surface area (Å²) in [5.74, 6) is 0.487. The van der Waals surface area contributed by atoms with Gasteiger partial charge >= 0.3 is 5.69 Å². The second-order valence-corrected chi connectivity index (χ2v) is 9.07. The first kappa shape index (κ1) is 24.9. The highest BCUT2D eigenvalue weighted by molar-refractivity contribution is 9.10. The zero-order valence-corrected chi connectivity index (χ0v) is 21.1. The van der Waals surface area contributed by atoms with Crippen LogP contribution in [0.25, 0.3) is 10.9 Å². The maximum absolute atomic E-state index is 13.2. The van der Waals surface area contributed by atoms with Crippen LogP contribution in [0, 0.1) is 10.1 Å². The molecule has 2 atom stereocenters. The lowest BCUT2D eigenvalue weighted by molar-refractivity contribution is -0.386. The molecule has 1 heterocycles. The van der Waals surface area contributed by atoms with Gasteiger partial charge in [0.15, 0.2) is 0 Å². The molecule has 8 nitrogen and oxygen atoms in total. The van der Waals surface area contributed by atoms with Crippen LogP contribution in [0.5, 0.6) is 5.75 Å². The maximum atomic E-state index is 13.2. The van der Waals surface area contributed by atoms with E-state index in [0.717, 1.165) is 10.9 Å². The Kier molecular flexibility index (Phi) is 7.86. The molecule has 0 aliphatic carbocycles. The number of hydrogen-bond donors (Lipinski definition) is 0. The number of halogens is 2. The molecule has 0 unspecified atom stereocenters. The largest absolute Gasteiger partial charge is 0.483 e. The topological polar surface area (TPSA) is 99.6 Å². The fraction of sp³-hybridized carbons (Fsp3) is 0.348. The van der Waals surface area contributed by atoms with Crippen LogP contribution in [-0.4, -0.2) is 26.9 Å². The van der Waals surface area contributed by atoms with Crippen molar-refractivity contribution in [1.82, 2.24) is 9.66 Å². The summed E-state index contributed by atoms with van der Waals surface area (Å²) in [4.78, 5) is 29.0. The summed E-state index contributed by atoms with van der Waals surface area (Å²) >= 11 is 9.70. The third kappa shape index (κ3) is 5.42. The molecule has 0 N–H and O–H groups in total. The van der Waals surface area contributed by atoms with Gasteiger partial charge in [-0.15, -0.1) is 0 Å². The number of nitro benzene ring substituents is 1. The second-order valence-electron chi connectivity index (χ2n) is 7.75. The second kappa shape index (κ2) is 10.4. The number of ether oxygens (including phenoxy) is 1. The molecule has 1 aromatic heterocycles. The van der Waals surface area contributed by atoms with Crippen LogP contribution in [0.3, 0.4) is 0 Å². The lowest BCUT2D eigenvalue weighted by Crippen LogP contribution is -2.23. The highest BCUT2D eigenvalue weighted by Crippen LogP contribution is 2.36. The van der Waals surface area contributed by atoms with E-state index < -0.39 is 4.92 Å². The monoisotopic (exact) mass is 534 g/mol. The van der Waals surface area contributed by atoms with E-state index in [-0.39, 0.29) is 34.0 Å². The van der Waals surface area contributed by atoms with E-state index in [0.29, 0.717) is 28.7 Å². The SMILES string of the molecule is CC[C@@H](C)Oc1c(Cl)cc(C=Nn2c([C@H](C)CC)nc3ccc(Br)cc3c2=O)cc1[N+](=O)[O-]. The predicted molar refractivity (Wildman–Crippen MR) is 134 cm³/mol. The highest BCUT2D eigenvalue weighted by atomic mass is 79.9. The van der Waals surface area contributed by atoms with Crippen molar-refractivity contribution in [3.63, 3.8) is 0 Å². The van der Waals surface area contributed by atoms with Gasteiger partial charge in [0, 0.05) is 22.0 Å². The molecule has 0 radical (unpaired) electrons. The Bertz CT molecular complexity index is 1290. The van der Waals surface area contributed by atoms with Crippen molar-refractivity contribution in [1.29, 1.82) is 0 Å². The molecule has 10 heteroatoms. The molecule has 3 aromatic rings. The lowest BCUT2D eigenvalue weighted by Gasteiger charge is -2.15. The minimum absolute atomic E-state index is 0.0165. The van der Waals surface area contributed by atoms with Gasteiger partial charge in [0.25, 0.3) is 5.56 Å². The van der Waals surface area contributed by atoms with E-state index in [9.17, 15) is 14.9 Å². The van der Waals surface area contributed by atoms with E-state index in [1.807, 2.05) is 33.8 Å². The van der Waals surface area contributed by atoms with E-state index in [1.54, 1.807) is 12.1 Å². The number of rotatable bonds is 8. The van der Waals surface area contributed by atoms with Gasteiger partial charge in [-0.3, -0.25) is 14.9 Å². The smallest absolute Gasteiger partial charge is 0.313 e. The Balaban J connectivity index is 2.14. The first-order chi connectivity index (χ1) is 15.7. The van der Waals surface area contributed by atoms with Crippen LogP contribution < -0.4 is 10.3 Å². The van der Waals surface area contributed by atoms with Gasteiger partial charge in [0.05, 0.1) is 33.2 Å². The molecule has 0 saturated carbocycles. The summed E-state index contributed by atoms with van der Waals surface area (Å²) in [5, 5.41) is 16.5. The Hall–Kier alpha value is -2.78. The molecule has 3 rings (SSSR count). The molecular formula is C23H24BrClN4O4. The Morgan fingerprint density at radius 1 is 1.27 bits per heavy atom. The number of benzene rings is 2. The molecule has 0 saturated heterocycles. The minimum atomic E-state index is -0.549. The molecule has 0 bridgehead atoms. The van der Waals surface area contributed by atoms with Crippen molar-refractivity contribution in [2.45, 2.75) is 52.6 Å². The molecule has 0 aliphatic heterocycles. The van der Waals surface area contributed by atoms with Gasteiger partial charge < -0.3 is 4.74 Å². The van der Waals surface area contributed by atoms with Crippen LogP contribution in [0.4, 0.5) is 5.69 Å². The molecule has 0 fully saturated rings. The van der Waals surface area contributed by atoms with Crippen molar-refractivity contribution in [3.05, 3.63) is 71.7 Å². The van der Waals surface area contributed by atoms with Gasteiger partial charge in [-0.05, 0) is 44.0 Å². The quantitative estimate of drug-likeness (QED) is 0.192. The molecule has 0 aliphatic rings. The first-order valence-corrected chi connectivity index (χ1v) is 11.7. The van der Waals surface area contributed by atoms with E-state index >= 15 is 0 Å². The zero-order valence-electron chi connectivity index (χ0n) is 18.7. The van der Waals surface area contributed by atoms with Crippen LogP contribution >= 0.6 is 27.5 Å². The fourth-order valence-corrected chi connectivity index (χ4v) is 3.74.